The Morgan fingerprint density at radius 3 is 2.75 bits per heavy atom. The number of allylic oxidation sites excluding steroid dienone is 1. The van der Waals surface area contributed by atoms with E-state index in [-0.39, 0.29) is 17.8 Å². The predicted octanol–water partition coefficient (Wildman–Crippen LogP) is 4.26. The first-order chi connectivity index (χ1) is 13.6. The molecule has 28 heavy (non-hydrogen) atoms. The van der Waals surface area contributed by atoms with E-state index in [1.165, 1.54) is 11.8 Å². The summed E-state index contributed by atoms with van der Waals surface area (Å²) in [4.78, 5) is 10.5. The van der Waals surface area contributed by atoms with E-state index < -0.39 is 12.1 Å². The standard InChI is InChI=1S/C23H30O4S/c1-16(17-7-3-2-4-8-17)20(24)11-10-19-18(21-12-13-22(19)27-21)9-5-6-14-28-15-23(25)26/h2-8,10-11,16,18-22,24H,9,12-15H2,1H3,(H,25,26)/b6-5-,11-10+/t16?,18-,19+,20?,21-,22+/m0/s1. The Morgan fingerprint density at radius 2 is 2.00 bits per heavy atom. The molecule has 2 aliphatic rings. The van der Waals surface area contributed by atoms with Crippen molar-refractivity contribution in [2.24, 2.45) is 11.8 Å². The Labute approximate surface area is 171 Å². The van der Waals surface area contributed by atoms with Crippen LogP contribution in [0.3, 0.4) is 0 Å². The normalized spacial score (nSPS) is 28.9. The molecule has 2 heterocycles. The van der Waals surface area contributed by atoms with Crippen LogP contribution >= 0.6 is 11.8 Å². The molecule has 1 aromatic rings. The minimum Gasteiger partial charge on any atom is -0.481 e. The number of aliphatic carboxylic acids is 1. The third kappa shape index (κ3) is 5.49. The summed E-state index contributed by atoms with van der Waals surface area (Å²) >= 11 is 1.41. The number of hydrogen-bond donors (Lipinski definition) is 2. The molecule has 2 unspecified atom stereocenters. The van der Waals surface area contributed by atoms with Crippen molar-refractivity contribution in [3.63, 3.8) is 0 Å². The number of thioether (sulfide) groups is 1. The molecule has 2 aliphatic heterocycles. The van der Waals surface area contributed by atoms with Crippen LogP contribution in [0.25, 0.3) is 0 Å². The molecule has 1 aromatic carbocycles. The fourth-order valence-corrected chi connectivity index (χ4v) is 4.85. The summed E-state index contributed by atoms with van der Waals surface area (Å²) in [5.74, 6) is 0.935. The lowest BCUT2D eigenvalue weighted by Gasteiger charge is -2.25. The quantitative estimate of drug-likeness (QED) is 0.452. The second-order valence-electron chi connectivity index (χ2n) is 7.72. The van der Waals surface area contributed by atoms with E-state index in [0.29, 0.717) is 17.9 Å². The second kappa shape index (κ2) is 10.3. The van der Waals surface area contributed by atoms with Crippen LogP contribution in [0.1, 0.15) is 37.7 Å². The predicted molar refractivity (Wildman–Crippen MR) is 114 cm³/mol. The molecule has 0 spiro atoms. The molecule has 3 rings (SSSR count). The van der Waals surface area contributed by atoms with Crippen molar-refractivity contribution in [3.8, 4) is 0 Å². The van der Waals surface area contributed by atoms with E-state index in [0.717, 1.165) is 30.6 Å². The summed E-state index contributed by atoms with van der Waals surface area (Å²) in [5, 5.41) is 19.3. The topological polar surface area (TPSA) is 66.8 Å². The molecular formula is C23H30O4S. The number of carboxylic acid groups (broad SMARTS) is 1. The molecule has 0 aromatic heterocycles. The zero-order valence-corrected chi connectivity index (χ0v) is 17.1. The van der Waals surface area contributed by atoms with Crippen LogP contribution in [0.5, 0.6) is 0 Å². The van der Waals surface area contributed by atoms with Crippen molar-refractivity contribution in [1.82, 2.24) is 0 Å². The van der Waals surface area contributed by atoms with Crippen LogP contribution in [-0.4, -0.2) is 46.0 Å². The van der Waals surface area contributed by atoms with E-state index in [2.05, 4.69) is 37.3 Å². The fraction of sp³-hybridized carbons (Fsp3) is 0.522. The summed E-state index contributed by atoms with van der Waals surface area (Å²) in [7, 11) is 0. The fourth-order valence-electron chi connectivity index (χ4n) is 4.28. The Bertz CT molecular complexity index is 687. The van der Waals surface area contributed by atoms with Gasteiger partial charge in [0.15, 0.2) is 0 Å². The van der Waals surface area contributed by atoms with Crippen molar-refractivity contribution in [2.45, 2.75) is 50.4 Å². The van der Waals surface area contributed by atoms with Gasteiger partial charge in [-0.05, 0) is 30.7 Å². The van der Waals surface area contributed by atoms with Crippen molar-refractivity contribution in [2.75, 3.05) is 11.5 Å². The molecule has 4 nitrogen and oxygen atoms in total. The summed E-state index contributed by atoms with van der Waals surface area (Å²) in [6.45, 7) is 2.05. The average Bonchev–Trinajstić information content (AvgIpc) is 3.30. The largest absolute Gasteiger partial charge is 0.481 e. The highest BCUT2D eigenvalue weighted by Crippen LogP contribution is 2.46. The van der Waals surface area contributed by atoms with E-state index in [1.807, 2.05) is 24.3 Å². The highest BCUT2D eigenvalue weighted by molar-refractivity contribution is 8.00. The van der Waals surface area contributed by atoms with Gasteiger partial charge in [0.05, 0.1) is 24.1 Å². The molecule has 0 saturated carbocycles. The van der Waals surface area contributed by atoms with Gasteiger partial charge in [-0.3, -0.25) is 4.79 Å². The first kappa shape index (κ1) is 21.2. The summed E-state index contributed by atoms with van der Waals surface area (Å²) in [6.07, 6.45) is 11.6. The molecule has 152 valence electrons. The van der Waals surface area contributed by atoms with Crippen LogP contribution in [-0.2, 0) is 9.53 Å². The number of fused-ring (bicyclic) bond motifs is 2. The Balaban J connectivity index is 1.54. The monoisotopic (exact) mass is 402 g/mol. The lowest BCUT2D eigenvalue weighted by molar-refractivity contribution is -0.133. The molecule has 0 radical (unpaired) electrons. The Morgan fingerprint density at radius 1 is 1.25 bits per heavy atom. The first-order valence-corrected chi connectivity index (χ1v) is 11.2. The van der Waals surface area contributed by atoms with Gasteiger partial charge in [-0.15, -0.1) is 11.8 Å². The van der Waals surface area contributed by atoms with E-state index in [4.69, 9.17) is 9.84 Å². The van der Waals surface area contributed by atoms with Gasteiger partial charge in [-0.2, -0.15) is 0 Å². The number of hydrogen-bond acceptors (Lipinski definition) is 4. The van der Waals surface area contributed by atoms with Crippen LogP contribution in [0, 0.1) is 11.8 Å². The summed E-state index contributed by atoms with van der Waals surface area (Å²) < 4.78 is 6.13. The maximum Gasteiger partial charge on any atom is 0.313 e. The van der Waals surface area contributed by atoms with Gasteiger partial charge in [0.25, 0.3) is 0 Å². The third-order valence-electron chi connectivity index (χ3n) is 5.87. The highest BCUT2D eigenvalue weighted by Gasteiger charge is 2.46. The van der Waals surface area contributed by atoms with Gasteiger partial charge >= 0.3 is 5.97 Å². The zero-order chi connectivity index (χ0) is 19.9. The average molecular weight is 403 g/mol. The SMILES string of the molecule is CC(c1ccccc1)C(O)/C=C/[C@@H]1[C@H](C/C=C\CSCC(=O)O)[C@@H]2CC[C@H]1O2. The van der Waals surface area contributed by atoms with Crippen LogP contribution in [0.2, 0.25) is 0 Å². The van der Waals surface area contributed by atoms with Gasteiger partial charge in [0, 0.05) is 17.6 Å². The van der Waals surface area contributed by atoms with Crippen LogP contribution < -0.4 is 0 Å². The van der Waals surface area contributed by atoms with Gasteiger partial charge in [-0.25, -0.2) is 0 Å². The van der Waals surface area contributed by atoms with Gasteiger partial charge in [-0.1, -0.05) is 61.6 Å². The third-order valence-corrected chi connectivity index (χ3v) is 6.75. The maximum atomic E-state index is 10.6. The number of benzene rings is 1. The lowest BCUT2D eigenvalue weighted by Crippen LogP contribution is -2.26. The van der Waals surface area contributed by atoms with Crippen molar-refractivity contribution in [1.29, 1.82) is 0 Å². The Hall–Kier alpha value is -1.56. The maximum absolute atomic E-state index is 10.6. The number of carboxylic acids is 1. The van der Waals surface area contributed by atoms with Crippen molar-refractivity contribution >= 4 is 17.7 Å². The van der Waals surface area contributed by atoms with Crippen LogP contribution in [0.4, 0.5) is 0 Å². The number of rotatable bonds is 10. The van der Waals surface area contributed by atoms with Gasteiger partial charge in [0.2, 0.25) is 0 Å². The molecule has 2 saturated heterocycles. The van der Waals surface area contributed by atoms with Crippen molar-refractivity contribution in [3.05, 3.63) is 60.2 Å². The van der Waals surface area contributed by atoms with Gasteiger partial charge in [0.1, 0.15) is 0 Å². The molecule has 0 amide bonds. The zero-order valence-electron chi connectivity index (χ0n) is 16.3. The summed E-state index contributed by atoms with van der Waals surface area (Å²) in [5.41, 5.74) is 1.14. The smallest absolute Gasteiger partial charge is 0.313 e. The first-order valence-electron chi connectivity index (χ1n) is 10.1. The number of aliphatic hydroxyl groups is 1. The minimum atomic E-state index is -0.770. The number of ether oxygens (including phenoxy) is 1. The van der Waals surface area contributed by atoms with Crippen molar-refractivity contribution < 1.29 is 19.7 Å². The number of aliphatic hydroxyl groups excluding tert-OH is 1. The molecule has 5 heteroatoms. The van der Waals surface area contributed by atoms with E-state index >= 15 is 0 Å². The molecule has 0 aliphatic carbocycles. The number of carbonyl (C=O) groups is 1. The molecular weight excluding hydrogens is 372 g/mol. The molecule has 6 atom stereocenters. The van der Waals surface area contributed by atoms with Gasteiger partial charge < -0.3 is 14.9 Å². The van der Waals surface area contributed by atoms with E-state index in [9.17, 15) is 9.90 Å². The highest BCUT2D eigenvalue weighted by atomic mass is 32.2. The molecule has 2 bridgehead atoms. The Kier molecular flexibility index (Phi) is 7.77. The second-order valence-corrected chi connectivity index (χ2v) is 8.75. The molecule has 2 N–H and O–H groups in total. The summed E-state index contributed by atoms with van der Waals surface area (Å²) in [6, 6.07) is 10.1. The lowest BCUT2D eigenvalue weighted by atomic mass is 9.77. The molecule has 2 fully saturated rings. The van der Waals surface area contributed by atoms with Crippen LogP contribution in [0.15, 0.2) is 54.6 Å². The minimum absolute atomic E-state index is 0.0570. The van der Waals surface area contributed by atoms with E-state index in [1.54, 1.807) is 0 Å².